The summed E-state index contributed by atoms with van der Waals surface area (Å²) in [6.07, 6.45) is 1.10. The van der Waals surface area contributed by atoms with Gasteiger partial charge in [0.15, 0.2) is 0 Å². The van der Waals surface area contributed by atoms with E-state index in [1.54, 1.807) is 12.1 Å². The van der Waals surface area contributed by atoms with E-state index < -0.39 is 10.0 Å². The van der Waals surface area contributed by atoms with Crippen molar-refractivity contribution in [3.8, 4) is 0 Å². The van der Waals surface area contributed by atoms with Crippen LogP contribution >= 0.6 is 0 Å². The second-order valence-electron chi connectivity index (χ2n) is 4.35. The van der Waals surface area contributed by atoms with Crippen molar-refractivity contribution in [2.45, 2.75) is 31.3 Å². The summed E-state index contributed by atoms with van der Waals surface area (Å²) >= 11 is 0. The molecule has 6 heteroatoms. The number of hydrogen-bond acceptors (Lipinski definition) is 4. The van der Waals surface area contributed by atoms with Gasteiger partial charge < -0.3 is 4.74 Å². The maximum Gasteiger partial charge on any atom is 0.306 e. The Bertz CT molecular complexity index is 537. The van der Waals surface area contributed by atoms with Crippen LogP contribution in [0.2, 0.25) is 0 Å². The first-order valence-electron chi connectivity index (χ1n) is 6.05. The number of carbonyl (C=O) groups excluding carboxylic acids is 1. The summed E-state index contributed by atoms with van der Waals surface area (Å²) < 4.78 is 30.1. The van der Waals surface area contributed by atoms with Crippen LogP contribution in [-0.4, -0.2) is 32.8 Å². The molecule has 0 atom stereocenters. The van der Waals surface area contributed by atoms with Gasteiger partial charge in [0.2, 0.25) is 10.0 Å². The molecule has 0 radical (unpaired) electrons. The molecule has 1 rings (SSSR count). The van der Waals surface area contributed by atoms with E-state index in [9.17, 15) is 13.2 Å². The van der Waals surface area contributed by atoms with Gasteiger partial charge in [-0.2, -0.15) is 0 Å². The van der Waals surface area contributed by atoms with Crippen LogP contribution in [0.4, 0.5) is 0 Å². The minimum absolute atomic E-state index is 0.0929. The number of hydrogen-bond donors (Lipinski definition) is 0. The number of sulfonamides is 1. The molecule has 0 aliphatic carbocycles. The molecule has 106 valence electrons. The normalized spacial score (nSPS) is 11.6. The lowest BCUT2D eigenvalue weighted by molar-refractivity contribution is -0.144. The Morgan fingerprint density at radius 1 is 1.32 bits per heavy atom. The van der Waals surface area contributed by atoms with Crippen LogP contribution in [-0.2, 0) is 26.2 Å². The summed E-state index contributed by atoms with van der Waals surface area (Å²) in [5.41, 5.74) is 0.660. The zero-order chi connectivity index (χ0) is 14.5. The molecule has 0 fully saturated rings. The Hall–Kier alpha value is -1.40. The minimum atomic E-state index is -3.46. The molecule has 0 aromatic heterocycles. The lowest BCUT2D eigenvalue weighted by atomic mass is 10.2. The maximum atomic E-state index is 11.9. The maximum absolute atomic E-state index is 11.9. The molecule has 0 saturated heterocycles. The highest BCUT2D eigenvalue weighted by atomic mass is 32.2. The van der Waals surface area contributed by atoms with E-state index in [0.717, 1.165) is 10.7 Å². The average Bonchev–Trinajstić information content (AvgIpc) is 2.37. The quantitative estimate of drug-likeness (QED) is 0.747. The Kier molecular flexibility index (Phi) is 5.50. The minimum Gasteiger partial charge on any atom is -0.461 e. The van der Waals surface area contributed by atoms with Crippen LogP contribution in [0.15, 0.2) is 29.2 Å². The Balaban J connectivity index is 2.81. The van der Waals surface area contributed by atoms with E-state index >= 15 is 0 Å². The third kappa shape index (κ3) is 4.33. The van der Waals surface area contributed by atoms with E-state index in [2.05, 4.69) is 0 Å². The number of nitrogens with zero attached hydrogens (tertiary/aromatic N) is 1. The number of benzene rings is 1. The third-order valence-corrected chi connectivity index (χ3v) is 4.34. The second kappa shape index (κ2) is 6.68. The number of esters is 1. The van der Waals surface area contributed by atoms with E-state index in [1.807, 2.05) is 6.92 Å². The summed E-state index contributed by atoms with van der Waals surface area (Å²) in [7, 11) is -0.504. The number of rotatable bonds is 6. The Labute approximate surface area is 114 Å². The van der Waals surface area contributed by atoms with Crippen LogP contribution in [0.25, 0.3) is 0 Å². The first kappa shape index (κ1) is 15.7. The van der Waals surface area contributed by atoms with Gasteiger partial charge >= 0.3 is 5.97 Å². The van der Waals surface area contributed by atoms with Crippen LogP contribution in [0, 0.1) is 0 Å². The van der Waals surface area contributed by atoms with E-state index in [-0.39, 0.29) is 17.5 Å². The predicted octanol–water partition coefficient (Wildman–Crippen LogP) is 1.78. The lowest BCUT2D eigenvalue weighted by Crippen LogP contribution is -2.22. The summed E-state index contributed by atoms with van der Waals surface area (Å²) in [6.45, 7) is 1.99. The van der Waals surface area contributed by atoms with E-state index in [1.165, 1.54) is 26.2 Å². The summed E-state index contributed by atoms with van der Waals surface area (Å²) in [5, 5.41) is 0. The largest absolute Gasteiger partial charge is 0.461 e. The van der Waals surface area contributed by atoms with Gasteiger partial charge in [-0.3, -0.25) is 4.79 Å². The molecular weight excluding hydrogens is 266 g/mol. The second-order valence-corrected chi connectivity index (χ2v) is 6.50. The van der Waals surface area contributed by atoms with Crippen LogP contribution in [0.3, 0.4) is 0 Å². The molecule has 5 nitrogen and oxygen atoms in total. The molecule has 0 unspecified atom stereocenters. The van der Waals surface area contributed by atoms with Crippen molar-refractivity contribution in [1.29, 1.82) is 0 Å². The van der Waals surface area contributed by atoms with Gasteiger partial charge in [0, 0.05) is 20.5 Å². The first-order chi connectivity index (χ1) is 8.87. The van der Waals surface area contributed by atoms with Crippen molar-refractivity contribution in [1.82, 2.24) is 4.31 Å². The van der Waals surface area contributed by atoms with Crippen molar-refractivity contribution < 1.29 is 17.9 Å². The Morgan fingerprint density at radius 3 is 2.58 bits per heavy atom. The Morgan fingerprint density at radius 2 is 2.00 bits per heavy atom. The van der Waals surface area contributed by atoms with E-state index in [4.69, 9.17) is 4.74 Å². The van der Waals surface area contributed by atoms with Gasteiger partial charge in [-0.25, -0.2) is 12.7 Å². The number of carbonyl (C=O) groups is 1. The monoisotopic (exact) mass is 285 g/mol. The molecule has 0 N–H and O–H groups in total. The van der Waals surface area contributed by atoms with Gasteiger partial charge in [0.25, 0.3) is 0 Å². The van der Waals surface area contributed by atoms with Crippen molar-refractivity contribution in [3.63, 3.8) is 0 Å². The van der Waals surface area contributed by atoms with Crippen molar-refractivity contribution in [2.75, 3.05) is 14.1 Å². The SMILES string of the molecule is CCCC(=O)OCc1cccc(S(=O)(=O)N(C)C)c1. The van der Waals surface area contributed by atoms with Gasteiger partial charge in [-0.1, -0.05) is 19.1 Å². The smallest absolute Gasteiger partial charge is 0.306 e. The van der Waals surface area contributed by atoms with Crippen LogP contribution in [0.5, 0.6) is 0 Å². The average molecular weight is 285 g/mol. The molecular formula is C13H19NO4S. The zero-order valence-corrected chi connectivity index (χ0v) is 12.2. The molecule has 0 aliphatic rings. The molecule has 0 saturated carbocycles. The molecule has 0 aliphatic heterocycles. The van der Waals surface area contributed by atoms with Crippen molar-refractivity contribution in [2.24, 2.45) is 0 Å². The van der Waals surface area contributed by atoms with Crippen molar-refractivity contribution in [3.05, 3.63) is 29.8 Å². The highest BCUT2D eigenvalue weighted by Gasteiger charge is 2.17. The highest BCUT2D eigenvalue weighted by Crippen LogP contribution is 2.15. The van der Waals surface area contributed by atoms with Gasteiger partial charge in [0.05, 0.1) is 4.90 Å². The molecule has 0 spiro atoms. The summed E-state index contributed by atoms with van der Waals surface area (Å²) in [5.74, 6) is -0.275. The molecule has 0 amide bonds. The molecule has 1 aromatic carbocycles. The molecule has 0 heterocycles. The topological polar surface area (TPSA) is 63.7 Å². The number of ether oxygens (including phenoxy) is 1. The summed E-state index contributed by atoms with van der Waals surface area (Å²) in [4.78, 5) is 11.5. The summed E-state index contributed by atoms with van der Waals surface area (Å²) in [6, 6.07) is 6.41. The van der Waals surface area contributed by atoms with Crippen molar-refractivity contribution >= 4 is 16.0 Å². The lowest BCUT2D eigenvalue weighted by Gasteiger charge is -2.12. The predicted molar refractivity (Wildman–Crippen MR) is 72.0 cm³/mol. The fourth-order valence-corrected chi connectivity index (χ4v) is 2.42. The highest BCUT2D eigenvalue weighted by molar-refractivity contribution is 7.89. The van der Waals surface area contributed by atoms with Gasteiger partial charge in [-0.05, 0) is 24.1 Å². The molecule has 1 aromatic rings. The van der Waals surface area contributed by atoms with E-state index in [0.29, 0.717) is 12.0 Å². The fourth-order valence-electron chi connectivity index (χ4n) is 1.45. The first-order valence-corrected chi connectivity index (χ1v) is 7.49. The molecule has 0 bridgehead atoms. The van der Waals surface area contributed by atoms with Gasteiger partial charge in [-0.15, -0.1) is 0 Å². The van der Waals surface area contributed by atoms with Gasteiger partial charge in [0.1, 0.15) is 6.61 Å². The zero-order valence-electron chi connectivity index (χ0n) is 11.4. The van der Waals surface area contributed by atoms with Crippen LogP contribution < -0.4 is 0 Å². The molecule has 19 heavy (non-hydrogen) atoms. The van der Waals surface area contributed by atoms with Crippen LogP contribution in [0.1, 0.15) is 25.3 Å². The standard InChI is InChI=1S/C13H19NO4S/c1-4-6-13(15)18-10-11-7-5-8-12(9-11)19(16,17)14(2)3/h5,7-9H,4,6,10H2,1-3H3. The third-order valence-electron chi connectivity index (χ3n) is 2.53. The fraction of sp³-hybridized carbons (Fsp3) is 0.462.